The van der Waals surface area contributed by atoms with Gasteiger partial charge in [-0.15, -0.1) is 0 Å². The SMILES string of the molecule is C[C@H](NCN(C)CCNCN)O[C@@H](C)CSCCCCO. The van der Waals surface area contributed by atoms with Gasteiger partial charge in [0.25, 0.3) is 0 Å². The Morgan fingerprint density at radius 3 is 2.76 bits per heavy atom. The van der Waals surface area contributed by atoms with E-state index in [0.717, 1.165) is 44.1 Å². The van der Waals surface area contributed by atoms with Gasteiger partial charge in [-0.25, -0.2) is 0 Å². The molecule has 7 heteroatoms. The summed E-state index contributed by atoms with van der Waals surface area (Å²) in [6, 6.07) is 0. The Kier molecular flexibility index (Phi) is 15.1. The average molecular weight is 323 g/mol. The Hall–Kier alpha value is 0.110. The highest BCUT2D eigenvalue weighted by atomic mass is 32.2. The largest absolute Gasteiger partial charge is 0.396 e. The lowest BCUT2D eigenvalue weighted by Gasteiger charge is -2.23. The zero-order valence-corrected chi connectivity index (χ0v) is 14.6. The van der Waals surface area contributed by atoms with Crippen LogP contribution in [0, 0.1) is 0 Å². The molecule has 0 heterocycles. The Morgan fingerprint density at radius 2 is 2.10 bits per heavy atom. The van der Waals surface area contributed by atoms with E-state index in [4.69, 9.17) is 15.6 Å². The van der Waals surface area contributed by atoms with Gasteiger partial charge in [0.2, 0.25) is 0 Å². The second kappa shape index (κ2) is 15.0. The first-order chi connectivity index (χ1) is 10.1. The number of rotatable bonds is 15. The molecule has 0 rings (SSSR count). The Labute approximate surface area is 134 Å². The number of thioether (sulfide) groups is 1. The van der Waals surface area contributed by atoms with Gasteiger partial charge in [0.1, 0.15) is 6.23 Å². The van der Waals surface area contributed by atoms with E-state index < -0.39 is 0 Å². The molecule has 0 unspecified atom stereocenters. The number of hydrogen-bond donors (Lipinski definition) is 4. The maximum Gasteiger partial charge on any atom is 0.106 e. The molecule has 0 aromatic rings. The number of unbranched alkanes of at least 4 members (excludes halogenated alkanes) is 1. The van der Waals surface area contributed by atoms with Crippen molar-refractivity contribution in [3.63, 3.8) is 0 Å². The van der Waals surface area contributed by atoms with Crippen LogP contribution in [0.25, 0.3) is 0 Å². The summed E-state index contributed by atoms with van der Waals surface area (Å²) in [5.74, 6) is 2.08. The van der Waals surface area contributed by atoms with E-state index in [1.165, 1.54) is 0 Å². The summed E-state index contributed by atoms with van der Waals surface area (Å²) in [6.07, 6.45) is 2.24. The third-order valence-corrected chi connectivity index (χ3v) is 4.23. The van der Waals surface area contributed by atoms with Crippen molar-refractivity contribution in [1.29, 1.82) is 0 Å². The highest BCUT2D eigenvalue weighted by Crippen LogP contribution is 2.09. The summed E-state index contributed by atoms with van der Waals surface area (Å²) in [5.41, 5.74) is 5.38. The van der Waals surface area contributed by atoms with E-state index in [1.807, 2.05) is 18.7 Å². The lowest BCUT2D eigenvalue weighted by atomic mass is 10.4. The molecule has 0 aliphatic heterocycles. The minimum absolute atomic E-state index is 0.0444. The summed E-state index contributed by atoms with van der Waals surface area (Å²) >= 11 is 1.89. The minimum atomic E-state index is 0.0444. The van der Waals surface area contributed by atoms with E-state index in [2.05, 4.69) is 29.5 Å². The summed E-state index contributed by atoms with van der Waals surface area (Å²) in [4.78, 5) is 2.19. The smallest absolute Gasteiger partial charge is 0.106 e. The minimum Gasteiger partial charge on any atom is -0.396 e. The van der Waals surface area contributed by atoms with Crippen LogP contribution in [-0.2, 0) is 4.74 Å². The number of likely N-dealkylation sites (N-methyl/N-ethyl adjacent to an activating group) is 1. The molecule has 21 heavy (non-hydrogen) atoms. The predicted molar refractivity (Wildman–Crippen MR) is 91.3 cm³/mol. The van der Waals surface area contributed by atoms with Crippen molar-refractivity contribution in [2.24, 2.45) is 5.73 Å². The molecule has 0 saturated carbocycles. The number of aliphatic hydroxyl groups excluding tert-OH is 1. The predicted octanol–water partition coefficient (Wildman–Crippen LogP) is 0.228. The van der Waals surface area contributed by atoms with Gasteiger partial charge in [-0.1, -0.05) is 0 Å². The number of nitrogens with zero attached hydrogens (tertiary/aromatic N) is 1. The highest BCUT2D eigenvalue weighted by molar-refractivity contribution is 7.99. The molecule has 0 aromatic heterocycles. The third-order valence-electron chi connectivity index (χ3n) is 2.95. The highest BCUT2D eigenvalue weighted by Gasteiger charge is 2.09. The van der Waals surface area contributed by atoms with Crippen molar-refractivity contribution in [1.82, 2.24) is 15.5 Å². The third kappa shape index (κ3) is 14.8. The molecule has 0 fully saturated rings. The normalized spacial score (nSPS) is 14.6. The van der Waals surface area contributed by atoms with E-state index in [-0.39, 0.29) is 12.3 Å². The molecule has 0 aliphatic carbocycles. The maximum absolute atomic E-state index is 8.71. The van der Waals surface area contributed by atoms with E-state index in [9.17, 15) is 0 Å². The Bertz CT molecular complexity index is 225. The fourth-order valence-corrected chi connectivity index (χ4v) is 2.72. The first-order valence-corrected chi connectivity index (χ1v) is 8.92. The summed E-state index contributed by atoms with van der Waals surface area (Å²) < 4.78 is 5.89. The first kappa shape index (κ1) is 21.1. The van der Waals surface area contributed by atoms with Crippen LogP contribution in [0.15, 0.2) is 0 Å². The van der Waals surface area contributed by atoms with Gasteiger partial charge in [-0.3, -0.25) is 10.2 Å². The Balaban J connectivity index is 3.51. The number of aliphatic hydroxyl groups is 1. The van der Waals surface area contributed by atoms with Crippen LogP contribution in [0.3, 0.4) is 0 Å². The lowest BCUT2D eigenvalue weighted by Crippen LogP contribution is -2.42. The molecule has 128 valence electrons. The van der Waals surface area contributed by atoms with Crippen LogP contribution in [-0.4, -0.2) is 73.9 Å². The van der Waals surface area contributed by atoms with E-state index >= 15 is 0 Å². The van der Waals surface area contributed by atoms with Gasteiger partial charge >= 0.3 is 0 Å². The molecule has 0 aliphatic rings. The van der Waals surface area contributed by atoms with E-state index in [1.54, 1.807) is 0 Å². The van der Waals surface area contributed by atoms with Crippen LogP contribution in [0.2, 0.25) is 0 Å². The van der Waals surface area contributed by atoms with Gasteiger partial charge in [0.05, 0.1) is 6.10 Å². The van der Waals surface area contributed by atoms with Crippen molar-refractivity contribution in [3.8, 4) is 0 Å². The molecule has 0 saturated heterocycles. The molecule has 0 radical (unpaired) electrons. The zero-order valence-electron chi connectivity index (χ0n) is 13.8. The maximum atomic E-state index is 8.71. The topological polar surface area (TPSA) is 82.8 Å². The standard InChI is InChI=1S/C14H34N4O2S/c1-13(10-21-9-5-4-8-19)20-14(2)17-12-18(3)7-6-16-11-15/h13-14,16-17,19H,4-12,15H2,1-3H3/t13-,14+/m0/s1. The van der Waals surface area contributed by atoms with Crippen LogP contribution >= 0.6 is 11.8 Å². The van der Waals surface area contributed by atoms with Crippen LogP contribution in [0.1, 0.15) is 26.7 Å². The molecular formula is C14H34N4O2S. The molecule has 0 amide bonds. The fourth-order valence-electron chi connectivity index (χ4n) is 1.74. The molecule has 6 nitrogen and oxygen atoms in total. The quantitative estimate of drug-likeness (QED) is 0.254. The number of hydrogen-bond acceptors (Lipinski definition) is 7. The molecule has 0 spiro atoms. The lowest BCUT2D eigenvalue weighted by molar-refractivity contribution is -0.00512. The van der Waals surface area contributed by atoms with Gasteiger partial charge < -0.3 is 20.9 Å². The fraction of sp³-hybridized carbons (Fsp3) is 1.00. The van der Waals surface area contributed by atoms with Crippen molar-refractivity contribution in [2.45, 2.75) is 39.0 Å². The summed E-state index contributed by atoms with van der Waals surface area (Å²) in [7, 11) is 2.07. The molecular weight excluding hydrogens is 288 g/mol. The molecule has 0 aromatic carbocycles. The zero-order chi connectivity index (χ0) is 15.9. The van der Waals surface area contributed by atoms with Crippen molar-refractivity contribution in [2.75, 3.05) is 51.6 Å². The van der Waals surface area contributed by atoms with Crippen LogP contribution in [0.5, 0.6) is 0 Å². The number of nitrogens with two attached hydrogens (primary N) is 1. The van der Waals surface area contributed by atoms with Gasteiger partial charge in [0.15, 0.2) is 0 Å². The summed E-state index contributed by atoms with van der Waals surface area (Å²) in [5, 5.41) is 15.2. The average Bonchev–Trinajstić information content (AvgIpc) is 2.45. The van der Waals surface area contributed by atoms with Crippen LogP contribution in [0.4, 0.5) is 0 Å². The van der Waals surface area contributed by atoms with Crippen molar-refractivity contribution >= 4 is 11.8 Å². The first-order valence-electron chi connectivity index (χ1n) is 7.77. The monoisotopic (exact) mass is 322 g/mol. The molecule has 0 bridgehead atoms. The van der Waals surface area contributed by atoms with Gasteiger partial charge in [-0.2, -0.15) is 11.8 Å². The number of nitrogens with one attached hydrogen (secondary N) is 2. The van der Waals surface area contributed by atoms with Gasteiger partial charge in [-0.05, 0) is 39.5 Å². The van der Waals surface area contributed by atoms with Crippen molar-refractivity contribution in [3.05, 3.63) is 0 Å². The van der Waals surface area contributed by atoms with Gasteiger partial charge in [0, 0.05) is 38.8 Å². The van der Waals surface area contributed by atoms with Crippen LogP contribution < -0.4 is 16.4 Å². The molecule has 2 atom stereocenters. The Morgan fingerprint density at radius 1 is 1.33 bits per heavy atom. The van der Waals surface area contributed by atoms with Crippen molar-refractivity contribution < 1.29 is 9.84 Å². The second-order valence-electron chi connectivity index (χ2n) is 5.24. The second-order valence-corrected chi connectivity index (χ2v) is 6.39. The van der Waals surface area contributed by atoms with E-state index in [0.29, 0.717) is 13.3 Å². The molecule has 5 N–H and O–H groups in total. The summed E-state index contributed by atoms with van der Waals surface area (Å²) in [6.45, 7) is 7.60. The number of ether oxygens (including phenoxy) is 1.